The van der Waals surface area contributed by atoms with E-state index >= 15 is 0 Å². The Hall–Kier alpha value is -1.35. The maximum absolute atomic E-state index is 11.9. The van der Waals surface area contributed by atoms with Crippen molar-refractivity contribution in [3.63, 3.8) is 0 Å². The van der Waals surface area contributed by atoms with Gasteiger partial charge in [0.05, 0.1) is 5.92 Å². The van der Waals surface area contributed by atoms with E-state index in [0.717, 1.165) is 18.7 Å². The van der Waals surface area contributed by atoms with Crippen molar-refractivity contribution >= 4 is 5.97 Å². The predicted molar refractivity (Wildman–Crippen MR) is 64.2 cm³/mol. The average Bonchev–Trinajstić information content (AvgIpc) is 2.86. The van der Waals surface area contributed by atoms with E-state index < -0.39 is 0 Å². The molecule has 0 radical (unpaired) electrons. The fourth-order valence-electron chi connectivity index (χ4n) is 2.91. The average molecular weight is 231 g/mol. The van der Waals surface area contributed by atoms with Gasteiger partial charge in [-0.3, -0.25) is 4.79 Å². The van der Waals surface area contributed by atoms with E-state index in [1.807, 2.05) is 30.3 Å². The molecule has 0 amide bonds. The molecule has 1 heterocycles. The molecule has 2 unspecified atom stereocenters. The zero-order valence-electron chi connectivity index (χ0n) is 10.0. The fourth-order valence-corrected chi connectivity index (χ4v) is 2.91. The summed E-state index contributed by atoms with van der Waals surface area (Å²) in [5, 5.41) is 0. The molecule has 17 heavy (non-hydrogen) atoms. The molecule has 0 N–H and O–H groups in total. The number of carbonyl (C=O) groups is 1. The van der Waals surface area contributed by atoms with Gasteiger partial charge in [0.25, 0.3) is 0 Å². The molecule has 1 saturated heterocycles. The van der Waals surface area contributed by atoms with Crippen LogP contribution in [0, 0.1) is 17.8 Å². The number of benzene rings is 1. The second kappa shape index (κ2) is 4.15. The molecular formula is C14H17NO2. The molecule has 3 rings (SSSR count). The first kappa shape index (κ1) is 10.8. The van der Waals surface area contributed by atoms with Crippen LogP contribution in [0.15, 0.2) is 30.3 Å². The van der Waals surface area contributed by atoms with Gasteiger partial charge in [0.2, 0.25) is 0 Å². The van der Waals surface area contributed by atoms with Gasteiger partial charge in [0, 0.05) is 13.1 Å². The lowest BCUT2D eigenvalue weighted by molar-refractivity contribution is -0.147. The Morgan fingerprint density at radius 1 is 1.29 bits per heavy atom. The number of fused-ring (bicyclic) bond motifs is 1. The van der Waals surface area contributed by atoms with Gasteiger partial charge in [-0.15, -0.1) is 0 Å². The van der Waals surface area contributed by atoms with Gasteiger partial charge in [0.15, 0.2) is 0 Å². The van der Waals surface area contributed by atoms with Crippen LogP contribution in [0.4, 0.5) is 0 Å². The largest absolute Gasteiger partial charge is 0.461 e. The number of hydrogen-bond donors (Lipinski definition) is 0. The van der Waals surface area contributed by atoms with Crippen molar-refractivity contribution < 1.29 is 9.53 Å². The Kier molecular flexibility index (Phi) is 2.63. The molecule has 1 aliphatic heterocycles. The Morgan fingerprint density at radius 2 is 1.94 bits per heavy atom. The van der Waals surface area contributed by atoms with Crippen LogP contribution in [0.25, 0.3) is 0 Å². The number of ether oxygens (including phenoxy) is 1. The minimum Gasteiger partial charge on any atom is -0.461 e. The van der Waals surface area contributed by atoms with Crippen LogP contribution in [0.1, 0.15) is 5.56 Å². The van der Waals surface area contributed by atoms with Gasteiger partial charge in [0.1, 0.15) is 6.61 Å². The second-order valence-electron chi connectivity index (χ2n) is 5.17. The molecule has 3 nitrogen and oxygen atoms in total. The first-order valence-corrected chi connectivity index (χ1v) is 6.15. The number of nitrogens with zero attached hydrogens (tertiary/aromatic N) is 1. The Bertz CT molecular complexity index is 405. The zero-order valence-corrected chi connectivity index (χ0v) is 10.0. The highest BCUT2D eigenvalue weighted by atomic mass is 16.5. The third-order valence-corrected chi connectivity index (χ3v) is 3.87. The quantitative estimate of drug-likeness (QED) is 0.739. The number of esters is 1. The van der Waals surface area contributed by atoms with Crippen LogP contribution < -0.4 is 0 Å². The Labute approximate surface area is 101 Å². The molecule has 1 saturated carbocycles. The number of rotatable bonds is 3. The molecule has 1 aliphatic carbocycles. The Morgan fingerprint density at radius 3 is 2.59 bits per heavy atom. The van der Waals surface area contributed by atoms with E-state index in [1.165, 1.54) is 0 Å². The van der Waals surface area contributed by atoms with Crippen LogP contribution in [0.2, 0.25) is 0 Å². The van der Waals surface area contributed by atoms with Crippen LogP contribution in [0.5, 0.6) is 0 Å². The lowest BCUT2D eigenvalue weighted by Gasteiger charge is -2.12. The number of likely N-dealkylation sites (tertiary alicyclic amines) is 1. The van der Waals surface area contributed by atoms with Gasteiger partial charge < -0.3 is 9.64 Å². The molecule has 2 aliphatic rings. The van der Waals surface area contributed by atoms with Crippen molar-refractivity contribution in [2.45, 2.75) is 6.61 Å². The molecule has 2 fully saturated rings. The summed E-state index contributed by atoms with van der Waals surface area (Å²) >= 11 is 0. The normalized spacial score (nSPS) is 31.0. The third-order valence-electron chi connectivity index (χ3n) is 3.87. The van der Waals surface area contributed by atoms with E-state index in [-0.39, 0.29) is 11.9 Å². The monoisotopic (exact) mass is 231 g/mol. The van der Waals surface area contributed by atoms with Gasteiger partial charge in [-0.1, -0.05) is 30.3 Å². The summed E-state index contributed by atoms with van der Waals surface area (Å²) in [6.45, 7) is 2.51. The minimum absolute atomic E-state index is 0.00282. The summed E-state index contributed by atoms with van der Waals surface area (Å²) in [5.74, 6) is 1.29. The van der Waals surface area contributed by atoms with Crippen molar-refractivity contribution in [2.75, 3.05) is 20.1 Å². The van der Waals surface area contributed by atoms with E-state index in [2.05, 4.69) is 11.9 Å². The molecule has 3 heteroatoms. The number of carbonyl (C=O) groups excluding carboxylic acids is 1. The highest BCUT2D eigenvalue weighted by molar-refractivity contribution is 5.77. The molecule has 0 bridgehead atoms. The first-order valence-electron chi connectivity index (χ1n) is 6.15. The topological polar surface area (TPSA) is 29.5 Å². The smallest absolute Gasteiger partial charge is 0.309 e. The third kappa shape index (κ3) is 2.07. The van der Waals surface area contributed by atoms with Gasteiger partial charge in [-0.2, -0.15) is 0 Å². The van der Waals surface area contributed by atoms with Crippen molar-refractivity contribution in [3.05, 3.63) is 35.9 Å². The summed E-state index contributed by atoms with van der Waals surface area (Å²) < 4.78 is 5.37. The van der Waals surface area contributed by atoms with E-state index in [0.29, 0.717) is 18.4 Å². The molecule has 0 spiro atoms. The van der Waals surface area contributed by atoms with Crippen molar-refractivity contribution in [2.24, 2.45) is 17.8 Å². The lowest BCUT2D eigenvalue weighted by Crippen LogP contribution is -2.22. The molecule has 2 atom stereocenters. The van der Waals surface area contributed by atoms with E-state index in [1.54, 1.807) is 0 Å². The first-order chi connectivity index (χ1) is 8.25. The van der Waals surface area contributed by atoms with Crippen LogP contribution >= 0.6 is 0 Å². The second-order valence-corrected chi connectivity index (χ2v) is 5.17. The van der Waals surface area contributed by atoms with Gasteiger partial charge in [-0.05, 0) is 24.4 Å². The summed E-state index contributed by atoms with van der Waals surface area (Å²) in [6.07, 6.45) is 0. The molecule has 0 aromatic heterocycles. The van der Waals surface area contributed by atoms with Crippen molar-refractivity contribution in [3.8, 4) is 0 Å². The number of piperidine rings is 1. The highest BCUT2D eigenvalue weighted by Gasteiger charge is 2.59. The van der Waals surface area contributed by atoms with Crippen LogP contribution in [0.3, 0.4) is 0 Å². The van der Waals surface area contributed by atoms with Crippen molar-refractivity contribution in [1.29, 1.82) is 0 Å². The standard InChI is InChI=1S/C14H17NO2/c1-15-7-11-12(8-15)13(11)14(16)17-9-10-5-3-2-4-6-10/h2-6,11-13H,7-9H2,1H3. The molecular weight excluding hydrogens is 214 g/mol. The summed E-state index contributed by atoms with van der Waals surface area (Å²) in [7, 11) is 2.11. The maximum Gasteiger partial charge on any atom is 0.309 e. The molecule has 1 aromatic carbocycles. The SMILES string of the molecule is CN1CC2C(C1)C2C(=O)OCc1ccccc1. The summed E-state index contributed by atoms with van der Waals surface area (Å²) in [5.41, 5.74) is 1.06. The van der Waals surface area contributed by atoms with Crippen molar-refractivity contribution in [1.82, 2.24) is 4.90 Å². The fraction of sp³-hybridized carbons (Fsp3) is 0.500. The summed E-state index contributed by atoms with van der Waals surface area (Å²) in [6, 6.07) is 9.85. The maximum atomic E-state index is 11.9. The van der Waals surface area contributed by atoms with E-state index in [4.69, 9.17) is 4.74 Å². The highest BCUT2D eigenvalue weighted by Crippen LogP contribution is 2.51. The zero-order chi connectivity index (χ0) is 11.8. The predicted octanol–water partition coefficient (Wildman–Crippen LogP) is 1.54. The van der Waals surface area contributed by atoms with Crippen LogP contribution in [-0.2, 0) is 16.1 Å². The van der Waals surface area contributed by atoms with E-state index in [9.17, 15) is 4.79 Å². The Balaban J connectivity index is 1.50. The number of hydrogen-bond acceptors (Lipinski definition) is 3. The van der Waals surface area contributed by atoms with Gasteiger partial charge >= 0.3 is 5.97 Å². The van der Waals surface area contributed by atoms with Gasteiger partial charge in [-0.25, -0.2) is 0 Å². The molecule has 1 aromatic rings. The lowest BCUT2D eigenvalue weighted by atomic mass is 10.2. The van der Waals surface area contributed by atoms with Crippen LogP contribution in [-0.4, -0.2) is 31.0 Å². The minimum atomic E-state index is -0.00282. The summed E-state index contributed by atoms with van der Waals surface area (Å²) in [4.78, 5) is 14.1. The molecule has 90 valence electrons.